The van der Waals surface area contributed by atoms with Gasteiger partial charge in [-0.25, -0.2) is 8.78 Å². The predicted octanol–water partition coefficient (Wildman–Crippen LogP) is 1.19. The summed E-state index contributed by atoms with van der Waals surface area (Å²) >= 11 is 0. The molecule has 0 atom stereocenters. The molecule has 0 fully saturated rings. The van der Waals surface area contributed by atoms with Crippen molar-refractivity contribution in [2.24, 2.45) is 5.73 Å². The molecule has 14 heavy (non-hydrogen) atoms. The molecule has 0 spiro atoms. The molecular weight excluding hydrogens is 190 g/mol. The van der Waals surface area contributed by atoms with Crippen molar-refractivity contribution in [3.63, 3.8) is 0 Å². The summed E-state index contributed by atoms with van der Waals surface area (Å²) in [5, 5.41) is 0. The van der Waals surface area contributed by atoms with Gasteiger partial charge in [0.2, 0.25) is 0 Å². The summed E-state index contributed by atoms with van der Waals surface area (Å²) in [7, 11) is 0. The van der Waals surface area contributed by atoms with Crippen LogP contribution < -0.4 is 5.73 Å². The molecule has 0 unspecified atom stereocenters. The number of rotatable bonds is 5. The summed E-state index contributed by atoms with van der Waals surface area (Å²) in [5.41, 5.74) is 5.61. The van der Waals surface area contributed by atoms with Crippen LogP contribution >= 0.6 is 0 Å². The summed E-state index contributed by atoms with van der Waals surface area (Å²) in [6, 6.07) is 3.48. The number of ether oxygens (including phenoxy) is 1. The topological polar surface area (TPSA) is 48.1 Å². The van der Waals surface area contributed by atoms with E-state index < -0.39 is 19.1 Å². The van der Waals surface area contributed by atoms with E-state index in [1.807, 2.05) is 0 Å². The molecule has 0 aliphatic heterocycles. The number of hydrogen-bond donors (Lipinski definition) is 1. The predicted molar refractivity (Wildman–Crippen MR) is 47.9 cm³/mol. The molecule has 0 amide bonds. The lowest BCUT2D eigenvalue weighted by Crippen LogP contribution is -2.32. The maximum absolute atomic E-state index is 12.6. The average Bonchev–Trinajstić information content (AvgIpc) is 2.19. The molecule has 78 valence electrons. The van der Waals surface area contributed by atoms with Crippen LogP contribution in [-0.4, -0.2) is 24.1 Å². The van der Waals surface area contributed by atoms with Crippen LogP contribution in [0.3, 0.4) is 0 Å². The highest BCUT2D eigenvalue weighted by molar-refractivity contribution is 5.06. The molecule has 0 radical (unpaired) electrons. The lowest BCUT2D eigenvalue weighted by molar-refractivity contribution is -0.0741. The van der Waals surface area contributed by atoms with E-state index in [1.165, 1.54) is 0 Å². The van der Waals surface area contributed by atoms with Gasteiger partial charge >= 0.3 is 0 Å². The molecule has 0 aliphatic carbocycles. The fraction of sp³-hybridized carbons (Fsp3) is 0.444. The van der Waals surface area contributed by atoms with Crippen LogP contribution in [0, 0.1) is 0 Å². The lowest BCUT2D eigenvalue weighted by atomic mass is 10.3. The van der Waals surface area contributed by atoms with Gasteiger partial charge in [-0.3, -0.25) is 4.98 Å². The van der Waals surface area contributed by atoms with Gasteiger partial charge in [0.25, 0.3) is 5.92 Å². The van der Waals surface area contributed by atoms with Gasteiger partial charge < -0.3 is 10.5 Å². The molecule has 1 rings (SSSR count). The number of hydrogen-bond acceptors (Lipinski definition) is 3. The van der Waals surface area contributed by atoms with Gasteiger partial charge in [0.1, 0.15) is 6.61 Å². The Balaban J connectivity index is 2.29. The van der Waals surface area contributed by atoms with E-state index in [4.69, 9.17) is 10.5 Å². The fourth-order valence-corrected chi connectivity index (χ4v) is 0.861. The molecule has 1 aromatic heterocycles. The fourth-order valence-electron chi connectivity index (χ4n) is 0.861. The number of nitrogens with zero attached hydrogens (tertiary/aromatic N) is 1. The molecule has 0 aromatic carbocycles. The largest absolute Gasteiger partial charge is 0.370 e. The summed E-state index contributed by atoms with van der Waals surface area (Å²) < 4.78 is 30.0. The SMILES string of the molecule is NCC(F)(F)COCc1cccnc1. The van der Waals surface area contributed by atoms with Gasteiger partial charge in [-0.15, -0.1) is 0 Å². The number of alkyl halides is 2. The van der Waals surface area contributed by atoms with Crippen molar-refractivity contribution in [2.45, 2.75) is 12.5 Å². The quantitative estimate of drug-likeness (QED) is 0.780. The lowest BCUT2D eigenvalue weighted by Gasteiger charge is -2.13. The Morgan fingerprint density at radius 1 is 1.50 bits per heavy atom. The van der Waals surface area contributed by atoms with E-state index in [9.17, 15) is 8.78 Å². The summed E-state index contributed by atoms with van der Waals surface area (Å²) in [4.78, 5) is 3.83. The van der Waals surface area contributed by atoms with Gasteiger partial charge in [0.15, 0.2) is 0 Å². The Labute approximate surface area is 80.9 Å². The Morgan fingerprint density at radius 2 is 2.29 bits per heavy atom. The normalized spacial score (nSPS) is 11.6. The Morgan fingerprint density at radius 3 is 2.86 bits per heavy atom. The Bertz CT molecular complexity index is 267. The second-order valence-electron chi connectivity index (χ2n) is 2.91. The first-order chi connectivity index (χ1) is 6.64. The molecule has 1 heterocycles. The molecule has 1 aromatic rings. The maximum atomic E-state index is 12.6. The molecule has 0 saturated heterocycles. The van der Waals surface area contributed by atoms with Gasteiger partial charge in [-0.2, -0.15) is 0 Å². The van der Waals surface area contributed by atoms with Crippen molar-refractivity contribution in [3.8, 4) is 0 Å². The standard InChI is InChI=1S/C9H12F2N2O/c10-9(11,6-12)7-14-5-8-2-1-3-13-4-8/h1-4H,5-7,12H2. The van der Waals surface area contributed by atoms with Crippen LogP contribution in [0.15, 0.2) is 24.5 Å². The minimum atomic E-state index is -2.94. The monoisotopic (exact) mass is 202 g/mol. The van der Waals surface area contributed by atoms with Gasteiger partial charge in [-0.05, 0) is 11.6 Å². The van der Waals surface area contributed by atoms with E-state index in [0.29, 0.717) is 0 Å². The Hall–Kier alpha value is -1.07. The van der Waals surface area contributed by atoms with E-state index in [1.54, 1.807) is 24.5 Å². The van der Waals surface area contributed by atoms with Crippen LogP contribution in [0.5, 0.6) is 0 Å². The maximum Gasteiger partial charge on any atom is 0.282 e. The second kappa shape index (κ2) is 4.97. The minimum Gasteiger partial charge on any atom is -0.370 e. The summed E-state index contributed by atoms with van der Waals surface area (Å²) in [5.74, 6) is -2.94. The summed E-state index contributed by atoms with van der Waals surface area (Å²) in [6.45, 7) is -1.22. The van der Waals surface area contributed by atoms with Crippen LogP contribution in [0.4, 0.5) is 8.78 Å². The van der Waals surface area contributed by atoms with Crippen LogP contribution in [0.1, 0.15) is 5.56 Å². The van der Waals surface area contributed by atoms with Crippen molar-refractivity contribution < 1.29 is 13.5 Å². The van der Waals surface area contributed by atoms with Crippen LogP contribution in [0.25, 0.3) is 0 Å². The van der Waals surface area contributed by atoms with Crippen molar-refractivity contribution in [2.75, 3.05) is 13.2 Å². The molecule has 0 bridgehead atoms. The number of aromatic nitrogens is 1. The first-order valence-corrected chi connectivity index (χ1v) is 4.18. The number of pyridine rings is 1. The van der Waals surface area contributed by atoms with Gasteiger partial charge in [-0.1, -0.05) is 6.07 Å². The third-order valence-electron chi connectivity index (χ3n) is 1.60. The molecule has 0 aliphatic rings. The van der Waals surface area contributed by atoms with Crippen molar-refractivity contribution >= 4 is 0 Å². The highest BCUT2D eigenvalue weighted by Gasteiger charge is 2.26. The third-order valence-corrected chi connectivity index (χ3v) is 1.60. The molecule has 3 nitrogen and oxygen atoms in total. The molecule has 5 heteroatoms. The van der Waals surface area contributed by atoms with Crippen molar-refractivity contribution in [3.05, 3.63) is 30.1 Å². The third kappa shape index (κ3) is 3.76. The van der Waals surface area contributed by atoms with Crippen molar-refractivity contribution in [1.82, 2.24) is 4.98 Å². The van der Waals surface area contributed by atoms with Gasteiger partial charge in [0.05, 0.1) is 13.2 Å². The molecular formula is C9H12F2N2O. The first kappa shape index (κ1) is 11.0. The number of nitrogens with two attached hydrogens (primary N) is 1. The van der Waals surface area contributed by atoms with E-state index in [2.05, 4.69) is 4.98 Å². The Kier molecular flexibility index (Phi) is 3.91. The van der Waals surface area contributed by atoms with E-state index in [-0.39, 0.29) is 6.61 Å². The average molecular weight is 202 g/mol. The van der Waals surface area contributed by atoms with Crippen LogP contribution in [-0.2, 0) is 11.3 Å². The first-order valence-electron chi connectivity index (χ1n) is 4.18. The highest BCUT2D eigenvalue weighted by Crippen LogP contribution is 2.12. The van der Waals surface area contributed by atoms with E-state index in [0.717, 1.165) is 5.56 Å². The summed E-state index contributed by atoms with van der Waals surface area (Å²) in [6.07, 6.45) is 3.18. The highest BCUT2D eigenvalue weighted by atomic mass is 19.3. The zero-order valence-electron chi connectivity index (χ0n) is 7.62. The van der Waals surface area contributed by atoms with Crippen molar-refractivity contribution in [1.29, 1.82) is 0 Å². The van der Waals surface area contributed by atoms with Gasteiger partial charge in [0, 0.05) is 12.4 Å². The molecule has 0 saturated carbocycles. The van der Waals surface area contributed by atoms with Crippen LogP contribution in [0.2, 0.25) is 0 Å². The smallest absolute Gasteiger partial charge is 0.282 e. The zero-order valence-corrected chi connectivity index (χ0v) is 7.62. The minimum absolute atomic E-state index is 0.128. The number of halogens is 2. The second-order valence-corrected chi connectivity index (χ2v) is 2.91. The zero-order chi connectivity index (χ0) is 10.4. The molecule has 2 N–H and O–H groups in total. The van der Waals surface area contributed by atoms with E-state index >= 15 is 0 Å².